The molecule has 5 nitrogen and oxygen atoms in total. The molecule has 1 atom stereocenters. The topological polar surface area (TPSA) is 58.4 Å². The predicted octanol–water partition coefficient (Wildman–Crippen LogP) is 2.12. The number of carbonyl (C=O) groups is 1. The lowest BCUT2D eigenvalue weighted by molar-refractivity contribution is -0.132. The van der Waals surface area contributed by atoms with Gasteiger partial charge in [0.2, 0.25) is 5.91 Å². The van der Waals surface area contributed by atoms with Gasteiger partial charge >= 0.3 is 0 Å². The third-order valence-corrected chi connectivity index (χ3v) is 4.19. The van der Waals surface area contributed by atoms with E-state index in [1.165, 1.54) is 30.7 Å². The van der Waals surface area contributed by atoms with E-state index in [2.05, 4.69) is 4.98 Å². The SMILES string of the molecule is O=C(Cn1ccnc1C(O)c1ccc(F)cc1)N1CCCCC1. The summed E-state index contributed by atoms with van der Waals surface area (Å²) in [5, 5.41) is 10.4. The van der Waals surface area contributed by atoms with Crippen molar-refractivity contribution >= 4 is 5.91 Å². The normalized spacial score (nSPS) is 16.3. The lowest BCUT2D eigenvalue weighted by Crippen LogP contribution is -2.38. The van der Waals surface area contributed by atoms with Gasteiger partial charge < -0.3 is 14.6 Å². The molecule has 23 heavy (non-hydrogen) atoms. The van der Waals surface area contributed by atoms with Crippen LogP contribution in [0, 0.1) is 5.82 Å². The Bertz CT molecular complexity index is 663. The largest absolute Gasteiger partial charge is 0.380 e. The average molecular weight is 317 g/mol. The maximum Gasteiger partial charge on any atom is 0.242 e. The maximum absolute atomic E-state index is 13.0. The number of amides is 1. The van der Waals surface area contributed by atoms with Crippen LogP contribution in [-0.4, -0.2) is 38.6 Å². The molecule has 1 aliphatic rings. The van der Waals surface area contributed by atoms with Crippen molar-refractivity contribution in [1.29, 1.82) is 0 Å². The molecular formula is C17H20FN3O2. The number of halogens is 1. The number of benzene rings is 1. The summed E-state index contributed by atoms with van der Waals surface area (Å²) in [7, 11) is 0. The monoisotopic (exact) mass is 317 g/mol. The highest BCUT2D eigenvalue weighted by atomic mass is 19.1. The van der Waals surface area contributed by atoms with Crippen LogP contribution in [0.25, 0.3) is 0 Å². The molecule has 0 spiro atoms. The lowest BCUT2D eigenvalue weighted by atomic mass is 10.1. The Morgan fingerprint density at radius 3 is 2.61 bits per heavy atom. The minimum absolute atomic E-state index is 0.0373. The van der Waals surface area contributed by atoms with Crippen LogP contribution in [0.1, 0.15) is 36.8 Å². The van der Waals surface area contributed by atoms with E-state index in [4.69, 9.17) is 0 Å². The second kappa shape index (κ2) is 6.91. The van der Waals surface area contributed by atoms with E-state index in [9.17, 15) is 14.3 Å². The number of nitrogens with zero attached hydrogens (tertiary/aromatic N) is 3. The van der Waals surface area contributed by atoms with Crippen molar-refractivity contribution in [3.05, 3.63) is 53.9 Å². The number of piperidine rings is 1. The Kier molecular flexibility index (Phi) is 4.71. The van der Waals surface area contributed by atoms with Crippen molar-refractivity contribution in [3.8, 4) is 0 Å². The zero-order valence-corrected chi connectivity index (χ0v) is 12.9. The number of likely N-dealkylation sites (tertiary alicyclic amines) is 1. The molecule has 1 amide bonds. The summed E-state index contributed by atoms with van der Waals surface area (Å²) in [6, 6.07) is 5.63. The van der Waals surface area contributed by atoms with Gasteiger partial charge in [-0.05, 0) is 37.0 Å². The van der Waals surface area contributed by atoms with E-state index >= 15 is 0 Å². The van der Waals surface area contributed by atoms with E-state index in [1.54, 1.807) is 17.0 Å². The van der Waals surface area contributed by atoms with Gasteiger partial charge in [0.05, 0.1) is 0 Å². The predicted molar refractivity (Wildman–Crippen MR) is 83.1 cm³/mol. The van der Waals surface area contributed by atoms with Crippen LogP contribution in [0.5, 0.6) is 0 Å². The summed E-state index contributed by atoms with van der Waals surface area (Å²) in [6.45, 7) is 1.75. The summed E-state index contributed by atoms with van der Waals surface area (Å²) in [5.41, 5.74) is 0.546. The minimum Gasteiger partial charge on any atom is -0.380 e. The van der Waals surface area contributed by atoms with Gasteiger partial charge in [-0.15, -0.1) is 0 Å². The van der Waals surface area contributed by atoms with Crippen molar-refractivity contribution < 1.29 is 14.3 Å². The van der Waals surface area contributed by atoms with Crippen molar-refractivity contribution in [2.75, 3.05) is 13.1 Å². The molecule has 1 aromatic carbocycles. The first-order valence-corrected chi connectivity index (χ1v) is 7.87. The first-order valence-electron chi connectivity index (χ1n) is 7.87. The molecule has 2 heterocycles. The molecule has 1 aliphatic heterocycles. The minimum atomic E-state index is -0.986. The fraction of sp³-hybridized carbons (Fsp3) is 0.412. The standard InChI is InChI=1S/C17H20FN3O2/c18-14-6-4-13(5-7-14)16(23)17-19-8-11-21(17)12-15(22)20-9-2-1-3-10-20/h4-8,11,16,23H,1-3,9-10,12H2. The number of aliphatic hydroxyl groups excluding tert-OH is 1. The maximum atomic E-state index is 13.0. The van der Waals surface area contributed by atoms with Crippen LogP contribution in [0.3, 0.4) is 0 Å². The smallest absolute Gasteiger partial charge is 0.242 e. The molecule has 1 N–H and O–H groups in total. The summed E-state index contributed by atoms with van der Waals surface area (Å²) in [5.74, 6) is 0.0711. The van der Waals surface area contributed by atoms with Crippen LogP contribution in [-0.2, 0) is 11.3 Å². The number of imidazole rings is 1. The molecule has 3 rings (SSSR count). The summed E-state index contributed by atoms with van der Waals surface area (Å²) < 4.78 is 14.7. The fourth-order valence-electron chi connectivity index (χ4n) is 2.89. The van der Waals surface area contributed by atoms with E-state index in [1.807, 2.05) is 4.90 Å². The zero-order valence-electron chi connectivity index (χ0n) is 12.9. The van der Waals surface area contributed by atoms with Gasteiger partial charge in [0, 0.05) is 25.5 Å². The number of carbonyl (C=O) groups excluding carboxylic acids is 1. The molecule has 1 unspecified atom stereocenters. The molecule has 0 radical (unpaired) electrons. The number of hydrogen-bond donors (Lipinski definition) is 1. The van der Waals surface area contributed by atoms with Gasteiger partial charge in [-0.3, -0.25) is 4.79 Å². The average Bonchev–Trinajstić information content (AvgIpc) is 3.04. The fourth-order valence-corrected chi connectivity index (χ4v) is 2.89. The van der Waals surface area contributed by atoms with E-state index < -0.39 is 6.10 Å². The van der Waals surface area contributed by atoms with Crippen LogP contribution in [0.4, 0.5) is 4.39 Å². The van der Waals surface area contributed by atoms with Gasteiger partial charge in [0.25, 0.3) is 0 Å². The van der Waals surface area contributed by atoms with Crippen LogP contribution < -0.4 is 0 Å². The second-order valence-electron chi connectivity index (χ2n) is 5.81. The van der Waals surface area contributed by atoms with Gasteiger partial charge in [-0.1, -0.05) is 12.1 Å². The Balaban J connectivity index is 1.73. The Morgan fingerprint density at radius 2 is 1.91 bits per heavy atom. The van der Waals surface area contributed by atoms with Crippen molar-refractivity contribution in [1.82, 2.24) is 14.5 Å². The number of aromatic nitrogens is 2. The van der Waals surface area contributed by atoms with Gasteiger partial charge in [0.1, 0.15) is 24.3 Å². The first kappa shape index (κ1) is 15.7. The van der Waals surface area contributed by atoms with Crippen LogP contribution in [0.15, 0.2) is 36.7 Å². The third kappa shape index (κ3) is 3.59. The molecule has 2 aromatic rings. The molecule has 6 heteroatoms. The van der Waals surface area contributed by atoms with E-state index in [0.29, 0.717) is 11.4 Å². The number of aliphatic hydroxyl groups is 1. The molecule has 1 saturated heterocycles. The highest BCUT2D eigenvalue weighted by Crippen LogP contribution is 2.21. The number of rotatable bonds is 4. The van der Waals surface area contributed by atoms with Gasteiger partial charge in [0.15, 0.2) is 0 Å². The summed E-state index contributed by atoms with van der Waals surface area (Å²) >= 11 is 0. The van der Waals surface area contributed by atoms with Gasteiger partial charge in [-0.25, -0.2) is 9.37 Å². The van der Waals surface area contributed by atoms with Crippen molar-refractivity contribution in [2.45, 2.75) is 31.9 Å². The molecule has 0 saturated carbocycles. The highest BCUT2D eigenvalue weighted by molar-refractivity contribution is 5.76. The van der Waals surface area contributed by atoms with Crippen molar-refractivity contribution in [2.24, 2.45) is 0 Å². The Morgan fingerprint density at radius 1 is 1.22 bits per heavy atom. The van der Waals surface area contributed by atoms with Crippen molar-refractivity contribution in [3.63, 3.8) is 0 Å². The molecular weight excluding hydrogens is 297 g/mol. The summed E-state index contributed by atoms with van der Waals surface area (Å²) in [4.78, 5) is 18.4. The van der Waals surface area contributed by atoms with E-state index in [0.717, 1.165) is 25.9 Å². The van der Waals surface area contributed by atoms with E-state index in [-0.39, 0.29) is 18.3 Å². The molecule has 0 bridgehead atoms. The Hall–Kier alpha value is -2.21. The Labute approximate surface area is 134 Å². The molecule has 1 aromatic heterocycles. The third-order valence-electron chi connectivity index (χ3n) is 4.19. The lowest BCUT2D eigenvalue weighted by Gasteiger charge is -2.27. The quantitative estimate of drug-likeness (QED) is 0.939. The number of hydrogen-bond acceptors (Lipinski definition) is 3. The molecule has 1 fully saturated rings. The summed E-state index contributed by atoms with van der Waals surface area (Å²) in [6.07, 6.45) is 5.51. The first-order chi connectivity index (χ1) is 11.1. The molecule has 122 valence electrons. The second-order valence-corrected chi connectivity index (χ2v) is 5.81. The van der Waals surface area contributed by atoms with Crippen LogP contribution >= 0.6 is 0 Å². The van der Waals surface area contributed by atoms with Gasteiger partial charge in [-0.2, -0.15) is 0 Å². The highest BCUT2D eigenvalue weighted by Gasteiger charge is 2.21. The van der Waals surface area contributed by atoms with Crippen LogP contribution in [0.2, 0.25) is 0 Å². The molecule has 0 aliphatic carbocycles. The zero-order chi connectivity index (χ0) is 16.2.